The molecule has 1 aromatic heterocycles. The number of hydrogen-bond acceptors (Lipinski definition) is 5. The number of aliphatic imine (C=N–C) groups is 1. The Labute approximate surface area is 158 Å². The molecule has 0 aliphatic rings. The fourth-order valence-electron chi connectivity index (χ4n) is 2.24. The molecular formula is C17H25N5O2S2. The van der Waals surface area contributed by atoms with E-state index in [1.807, 2.05) is 13.1 Å². The summed E-state index contributed by atoms with van der Waals surface area (Å²) in [6.45, 7) is 6.12. The lowest BCUT2D eigenvalue weighted by atomic mass is 10.1. The van der Waals surface area contributed by atoms with Crippen molar-refractivity contribution >= 4 is 27.3 Å². The summed E-state index contributed by atoms with van der Waals surface area (Å²) >= 11 is 1.68. The lowest BCUT2D eigenvalue weighted by Gasteiger charge is -2.11. The molecule has 1 aromatic carbocycles. The molecule has 0 saturated heterocycles. The summed E-state index contributed by atoms with van der Waals surface area (Å²) in [7, 11) is -3.64. The molecule has 0 radical (unpaired) electrons. The predicted molar refractivity (Wildman–Crippen MR) is 106 cm³/mol. The molecule has 7 nitrogen and oxygen atoms in total. The fraction of sp³-hybridized carbons (Fsp3) is 0.412. The van der Waals surface area contributed by atoms with Gasteiger partial charge in [0.15, 0.2) is 5.96 Å². The minimum Gasteiger partial charge on any atom is -0.357 e. The zero-order valence-electron chi connectivity index (χ0n) is 15.0. The van der Waals surface area contributed by atoms with Gasteiger partial charge >= 0.3 is 0 Å². The van der Waals surface area contributed by atoms with Crippen molar-refractivity contribution in [1.29, 1.82) is 0 Å². The van der Waals surface area contributed by atoms with Gasteiger partial charge in [0.05, 0.1) is 11.4 Å². The maximum atomic E-state index is 11.3. The Kier molecular flexibility index (Phi) is 7.55. The van der Waals surface area contributed by atoms with Crippen LogP contribution in [0.3, 0.4) is 0 Å². The number of hydrogen-bond donors (Lipinski definition) is 3. The van der Waals surface area contributed by atoms with Crippen molar-refractivity contribution in [2.75, 3.05) is 13.1 Å². The van der Waals surface area contributed by atoms with E-state index in [9.17, 15) is 8.42 Å². The van der Waals surface area contributed by atoms with E-state index < -0.39 is 10.0 Å². The molecule has 2 rings (SSSR count). The zero-order valence-corrected chi connectivity index (χ0v) is 16.7. The Bertz CT molecular complexity index is 829. The van der Waals surface area contributed by atoms with E-state index in [0.29, 0.717) is 13.1 Å². The molecule has 0 saturated carbocycles. The highest BCUT2D eigenvalue weighted by Gasteiger charge is 2.07. The van der Waals surface area contributed by atoms with Crippen LogP contribution in [0.1, 0.15) is 29.3 Å². The molecule has 2 aromatic rings. The Morgan fingerprint density at radius 1 is 1.23 bits per heavy atom. The Morgan fingerprint density at radius 2 is 1.96 bits per heavy atom. The predicted octanol–water partition coefficient (Wildman–Crippen LogP) is 1.65. The first-order valence-electron chi connectivity index (χ1n) is 8.50. The third kappa shape index (κ3) is 6.40. The second-order valence-corrected chi connectivity index (χ2v) is 8.40. The van der Waals surface area contributed by atoms with Crippen LogP contribution >= 0.6 is 11.3 Å². The number of benzene rings is 1. The SMILES string of the molecule is CCNC(=NCc1ncc(CC)s1)NCCc1ccc(S(N)(=O)=O)cc1. The molecular weight excluding hydrogens is 370 g/mol. The molecule has 0 atom stereocenters. The van der Waals surface area contributed by atoms with E-state index >= 15 is 0 Å². The summed E-state index contributed by atoms with van der Waals surface area (Å²) < 4.78 is 22.5. The molecule has 0 spiro atoms. The van der Waals surface area contributed by atoms with Crippen molar-refractivity contribution in [2.45, 2.75) is 38.1 Å². The molecule has 26 heavy (non-hydrogen) atoms. The molecule has 9 heteroatoms. The van der Waals surface area contributed by atoms with Crippen molar-refractivity contribution in [3.05, 3.63) is 45.9 Å². The van der Waals surface area contributed by atoms with Crippen LogP contribution in [0.5, 0.6) is 0 Å². The molecule has 0 bridgehead atoms. The van der Waals surface area contributed by atoms with Gasteiger partial charge in [-0.1, -0.05) is 19.1 Å². The first kappa shape index (κ1) is 20.3. The van der Waals surface area contributed by atoms with Gasteiger partial charge in [0, 0.05) is 24.2 Å². The number of nitrogens with one attached hydrogen (secondary N) is 2. The van der Waals surface area contributed by atoms with E-state index in [-0.39, 0.29) is 4.90 Å². The van der Waals surface area contributed by atoms with Gasteiger partial charge in [0.25, 0.3) is 0 Å². The van der Waals surface area contributed by atoms with Gasteiger partial charge in [-0.2, -0.15) is 0 Å². The highest BCUT2D eigenvalue weighted by Crippen LogP contribution is 2.14. The van der Waals surface area contributed by atoms with E-state index in [0.717, 1.165) is 35.9 Å². The third-order valence-electron chi connectivity index (χ3n) is 3.62. The highest BCUT2D eigenvalue weighted by atomic mass is 32.2. The van der Waals surface area contributed by atoms with Crippen LogP contribution in [-0.4, -0.2) is 32.5 Å². The van der Waals surface area contributed by atoms with Crippen LogP contribution in [0, 0.1) is 0 Å². The Balaban J connectivity index is 1.88. The zero-order chi connectivity index (χ0) is 19.0. The average molecular weight is 396 g/mol. The monoisotopic (exact) mass is 395 g/mol. The largest absolute Gasteiger partial charge is 0.357 e. The minimum atomic E-state index is -3.64. The van der Waals surface area contributed by atoms with Crippen LogP contribution in [0.15, 0.2) is 40.4 Å². The van der Waals surface area contributed by atoms with Crippen LogP contribution < -0.4 is 15.8 Å². The van der Waals surface area contributed by atoms with Gasteiger partial charge in [0.1, 0.15) is 5.01 Å². The van der Waals surface area contributed by atoms with E-state index in [2.05, 4.69) is 27.5 Å². The summed E-state index contributed by atoms with van der Waals surface area (Å²) in [5.74, 6) is 0.738. The number of nitrogens with two attached hydrogens (primary N) is 1. The maximum Gasteiger partial charge on any atom is 0.238 e. The van der Waals surface area contributed by atoms with Gasteiger partial charge < -0.3 is 10.6 Å². The first-order chi connectivity index (χ1) is 12.4. The maximum absolute atomic E-state index is 11.3. The molecule has 142 valence electrons. The van der Waals surface area contributed by atoms with Gasteiger partial charge in [0.2, 0.25) is 10.0 Å². The number of guanidine groups is 1. The molecule has 0 aliphatic heterocycles. The molecule has 0 fully saturated rings. The number of thiazole rings is 1. The van der Waals surface area contributed by atoms with Crippen molar-refractivity contribution in [3.8, 4) is 0 Å². The van der Waals surface area contributed by atoms with Crippen LogP contribution in [-0.2, 0) is 29.4 Å². The molecule has 1 heterocycles. The van der Waals surface area contributed by atoms with Gasteiger partial charge in [-0.25, -0.2) is 23.5 Å². The average Bonchev–Trinajstić information content (AvgIpc) is 3.07. The number of nitrogens with zero attached hydrogens (tertiary/aromatic N) is 2. The standard InChI is InChI=1S/C17H25N5O2S2/c1-3-14-11-21-16(25-14)12-22-17(19-4-2)20-10-9-13-5-7-15(8-6-13)26(18,23)24/h5-8,11H,3-4,9-10,12H2,1-2H3,(H2,18,23,24)(H2,19,20,22). The quantitative estimate of drug-likeness (QED) is 0.465. The summed E-state index contributed by atoms with van der Waals surface area (Å²) in [5, 5.41) is 12.6. The molecule has 0 amide bonds. The molecule has 0 unspecified atom stereocenters. The van der Waals surface area contributed by atoms with E-state index in [4.69, 9.17) is 5.14 Å². The number of rotatable bonds is 8. The number of primary sulfonamides is 1. The van der Waals surface area contributed by atoms with Crippen molar-refractivity contribution < 1.29 is 8.42 Å². The fourth-order valence-corrected chi connectivity index (χ4v) is 3.55. The van der Waals surface area contributed by atoms with E-state index in [1.165, 1.54) is 17.0 Å². The topological polar surface area (TPSA) is 109 Å². The first-order valence-corrected chi connectivity index (χ1v) is 10.9. The Hall–Kier alpha value is -1.97. The summed E-state index contributed by atoms with van der Waals surface area (Å²) in [6.07, 6.45) is 3.64. The summed E-state index contributed by atoms with van der Waals surface area (Å²) in [6, 6.07) is 6.59. The lowest BCUT2D eigenvalue weighted by Crippen LogP contribution is -2.38. The van der Waals surface area contributed by atoms with Crippen molar-refractivity contribution in [1.82, 2.24) is 15.6 Å². The minimum absolute atomic E-state index is 0.124. The third-order valence-corrected chi connectivity index (χ3v) is 5.68. The van der Waals surface area contributed by atoms with Gasteiger partial charge in [-0.05, 0) is 37.5 Å². The normalized spacial score (nSPS) is 12.2. The summed E-state index contributed by atoms with van der Waals surface area (Å²) in [5.41, 5.74) is 1.02. The van der Waals surface area contributed by atoms with Gasteiger partial charge in [-0.15, -0.1) is 11.3 Å². The van der Waals surface area contributed by atoms with Crippen molar-refractivity contribution in [2.24, 2.45) is 10.1 Å². The second-order valence-electron chi connectivity index (χ2n) is 5.63. The highest BCUT2D eigenvalue weighted by molar-refractivity contribution is 7.89. The van der Waals surface area contributed by atoms with Crippen LogP contribution in [0.25, 0.3) is 0 Å². The number of aromatic nitrogens is 1. The lowest BCUT2D eigenvalue weighted by molar-refractivity contribution is 0.598. The smallest absolute Gasteiger partial charge is 0.238 e. The van der Waals surface area contributed by atoms with Crippen LogP contribution in [0.4, 0.5) is 0 Å². The Morgan fingerprint density at radius 3 is 2.54 bits per heavy atom. The second kappa shape index (κ2) is 9.65. The number of aryl methyl sites for hydroxylation is 1. The van der Waals surface area contributed by atoms with Crippen LogP contribution in [0.2, 0.25) is 0 Å². The number of sulfonamides is 1. The molecule has 4 N–H and O–H groups in total. The van der Waals surface area contributed by atoms with Crippen molar-refractivity contribution in [3.63, 3.8) is 0 Å². The molecule has 0 aliphatic carbocycles. The summed E-state index contributed by atoms with van der Waals surface area (Å²) in [4.78, 5) is 10.3. The van der Waals surface area contributed by atoms with Gasteiger partial charge in [-0.3, -0.25) is 0 Å². The van der Waals surface area contributed by atoms with E-state index in [1.54, 1.807) is 23.5 Å².